The molecule has 2 saturated heterocycles. The first-order chi connectivity index (χ1) is 12.6. The van der Waals surface area contributed by atoms with Gasteiger partial charge in [0.15, 0.2) is 0 Å². The molecule has 136 valence electrons. The third-order valence-corrected chi connectivity index (χ3v) is 5.44. The van der Waals surface area contributed by atoms with Gasteiger partial charge in [0.2, 0.25) is 5.91 Å². The molecule has 5 nitrogen and oxygen atoms in total. The molecule has 2 aromatic rings. The molecule has 2 atom stereocenters. The summed E-state index contributed by atoms with van der Waals surface area (Å²) >= 11 is 0. The quantitative estimate of drug-likeness (QED) is 0.849. The van der Waals surface area contributed by atoms with Gasteiger partial charge in [-0.2, -0.15) is 0 Å². The molecular formula is C20H21FN2O3. The minimum absolute atomic E-state index is 0.0224. The molecule has 3 heterocycles. The Kier molecular flexibility index (Phi) is 4.49. The maximum atomic E-state index is 13.5. The van der Waals surface area contributed by atoms with E-state index in [1.54, 1.807) is 12.1 Å². The molecule has 6 heteroatoms. The minimum Gasteiger partial charge on any atom is -0.472 e. The summed E-state index contributed by atoms with van der Waals surface area (Å²) in [7, 11) is 0. The predicted molar refractivity (Wildman–Crippen MR) is 92.7 cm³/mol. The Morgan fingerprint density at radius 3 is 2.92 bits per heavy atom. The van der Waals surface area contributed by atoms with Gasteiger partial charge < -0.3 is 14.2 Å². The standard InChI is InChI=1S/C20H21FN2O3/c21-17-3-1-2-14(10-17)11-23-18-6-8-22(12-15(18)4-5-19(23)24)20(25)16-7-9-26-13-16/h1-3,7,9-10,13,15,18H,4-6,8,11-12H2/t15-,18+/m1/s1. The van der Waals surface area contributed by atoms with E-state index in [9.17, 15) is 14.0 Å². The number of likely N-dealkylation sites (tertiary alicyclic amines) is 2. The lowest BCUT2D eigenvalue weighted by Gasteiger charge is -2.47. The fourth-order valence-corrected chi connectivity index (χ4v) is 4.14. The molecule has 2 aliphatic heterocycles. The molecule has 2 aliphatic rings. The van der Waals surface area contributed by atoms with Crippen LogP contribution in [0.5, 0.6) is 0 Å². The van der Waals surface area contributed by atoms with Crippen LogP contribution in [0.3, 0.4) is 0 Å². The molecular weight excluding hydrogens is 335 g/mol. The Morgan fingerprint density at radius 2 is 2.15 bits per heavy atom. The van der Waals surface area contributed by atoms with Crippen molar-refractivity contribution in [2.24, 2.45) is 5.92 Å². The van der Waals surface area contributed by atoms with E-state index in [1.807, 2.05) is 15.9 Å². The highest BCUT2D eigenvalue weighted by Crippen LogP contribution is 2.33. The van der Waals surface area contributed by atoms with Crippen LogP contribution in [0.1, 0.15) is 35.2 Å². The van der Waals surface area contributed by atoms with Crippen molar-refractivity contribution >= 4 is 11.8 Å². The van der Waals surface area contributed by atoms with E-state index in [1.165, 1.54) is 24.7 Å². The van der Waals surface area contributed by atoms with Crippen LogP contribution in [0.2, 0.25) is 0 Å². The van der Waals surface area contributed by atoms with Crippen LogP contribution < -0.4 is 0 Å². The molecule has 4 rings (SSSR count). The summed E-state index contributed by atoms with van der Waals surface area (Å²) < 4.78 is 18.5. The van der Waals surface area contributed by atoms with Gasteiger partial charge in [-0.25, -0.2) is 4.39 Å². The Labute approximate surface area is 151 Å². The summed E-state index contributed by atoms with van der Waals surface area (Å²) in [6, 6.07) is 8.18. The summed E-state index contributed by atoms with van der Waals surface area (Å²) in [6.45, 7) is 1.67. The van der Waals surface area contributed by atoms with Gasteiger partial charge in [0, 0.05) is 32.1 Å². The fraction of sp³-hybridized carbons (Fsp3) is 0.400. The molecule has 0 unspecified atom stereocenters. The van der Waals surface area contributed by atoms with Crippen molar-refractivity contribution in [2.45, 2.75) is 31.8 Å². The van der Waals surface area contributed by atoms with Crippen molar-refractivity contribution in [1.29, 1.82) is 0 Å². The number of carbonyl (C=O) groups excluding carboxylic acids is 2. The van der Waals surface area contributed by atoms with Gasteiger partial charge in [-0.3, -0.25) is 9.59 Å². The lowest BCUT2D eigenvalue weighted by atomic mass is 9.83. The van der Waals surface area contributed by atoms with Crippen molar-refractivity contribution in [2.75, 3.05) is 13.1 Å². The summed E-state index contributed by atoms with van der Waals surface area (Å²) in [5.74, 6) is 0.0609. The second kappa shape index (κ2) is 6.94. The molecule has 2 fully saturated rings. The molecule has 0 bridgehead atoms. The Bertz CT molecular complexity index is 805. The Balaban J connectivity index is 1.47. The Hall–Kier alpha value is -2.63. The largest absolute Gasteiger partial charge is 0.472 e. The van der Waals surface area contributed by atoms with Gasteiger partial charge >= 0.3 is 0 Å². The van der Waals surface area contributed by atoms with Crippen molar-refractivity contribution in [3.05, 3.63) is 59.8 Å². The van der Waals surface area contributed by atoms with Gasteiger partial charge in [0.05, 0.1) is 11.8 Å². The van der Waals surface area contributed by atoms with Crippen molar-refractivity contribution in [3.8, 4) is 0 Å². The summed E-state index contributed by atoms with van der Waals surface area (Å²) in [6.07, 6.45) is 4.98. The van der Waals surface area contributed by atoms with Gasteiger partial charge in [-0.1, -0.05) is 12.1 Å². The van der Waals surface area contributed by atoms with E-state index in [4.69, 9.17) is 4.42 Å². The van der Waals surface area contributed by atoms with Crippen molar-refractivity contribution in [1.82, 2.24) is 9.80 Å². The SMILES string of the molecule is O=C(c1ccoc1)N1CC[C@H]2[C@H](CCC(=O)N2Cc2cccc(F)c2)C1. The molecule has 0 saturated carbocycles. The second-order valence-electron chi connectivity index (χ2n) is 7.07. The molecule has 1 aromatic carbocycles. The number of fused-ring (bicyclic) bond motifs is 1. The lowest BCUT2D eigenvalue weighted by molar-refractivity contribution is -0.141. The molecule has 0 radical (unpaired) electrons. The maximum Gasteiger partial charge on any atom is 0.257 e. The number of halogens is 1. The highest BCUT2D eigenvalue weighted by molar-refractivity contribution is 5.94. The average molecular weight is 356 g/mol. The van der Waals surface area contributed by atoms with E-state index >= 15 is 0 Å². The summed E-state index contributed by atoms with van der Waals surface area (Å²) in [5, 5.41) is 0. The number of hydrogen-bond donors (Lipinski definition) is 0. The fourth-order valence-electron chi connectivity index (χ4n) is 4.14. The first-order valence-corrected chi connectivity index (χ1v) is 8.97. The summed E-state index contributed by atoms with van der Waals surface area (Å²) in [5.41, 5.74) is 1.36. The number of furan rings is 1. The van der Waals surface area contributed by atoms with E-state index in [0.29, 0.717) is 31.6 Å². The molecule has 0 N–H and O–H groups in total. The van der Waals surface area contributed by atoms with Crippen LogP contribution in [-0.4, -0.2) is 40.7 Å². The van der Waals surface area contributed by atoms with Gasteiger partial charge in [-0.05, 0) is 42.5 Å². The average Bonchev–Trinajstić information content (AvgIpc) is 3.18. The van der Waals surface area contributed by atoms with Crippen LogP contribution in [0, 0.1) is 11.7 Å². The van der Waals surface area contributed by atoms with E-state index in [2.05, 4.69) is 0 Å². The van der Waals surface area contributed by atoms with Crippen LogP contribution in [0.15, 0.2) is 47.3 Å². The topological polar surface area (TPSA) is 53.8 Å². The number of carbonyl (C=O) groups is 2. The summed E-state index contributed by atoms with van der Waals surface area (Å²) in [4.78, 5) is 28.8. The van der Waals surface area contributed by atoms with E-state index in [-0.39, 0.29) is 29.6 Å². The minimum atomic E-state index is -0.288. The third kappa shape index (κ3) is 3.23. The molecule has 2 amide bonds. The monoisotopic (exact) mass is 356 g/mol. The number of benzene rings is 1. The predicted octanol–water partition coefficient (Wildman–Crippen LogP) is 3.07. The molecule has 1 aromatic heterocycles. The first-order valence-electron chi connectivity index (χ1n) is 8.97. The van der Waals surface area contributed by atoms with Crippen LogP contribution in [-0.2, 0) is 11.3 Å². The molecule has 0 spiro atoms. The number of rotatable bonds is 3. The normalized spacial score (nSPS) is 23.0. The lowest BCUT2D eigenvalue weighted by Crippen LogP contribution is -2.56. The molecule has 26 heavy (non-hydrogen) atoms. The highest BCUT2D eigenvalue weighted by atomic mass is 19.1. The number of piperidine rings is 2. The zero-order chi connectivity index (χ0) is 18.1. The molecule has 0 aliphatic carbocycles. The van der Waals surface area contributed by atoms with Crippen LogP contribution in [0.25, 0.3) is 0 Å². The van der Waals surface area contributed by atoms with Gasteiger partial charge in [0.25, 0.3) is 5.91 Å². The number of nitrogens with zero attached hydrogens (tertiary/aromatic N) is 2. The van der Waals surface area contributed by atoms with Crippen molar-refractivity contribution < 1.29 is 18.4 Å². The van der Waals surface area contributed by atoms with Gasteiger partial charge in [-0.15, -0.1) is 0 Å². The number of hydrogen-bond acceptors (Lipinski definition) is 3. The van der Waals surface area contributed by atoms with E-state index < -0.39 is 0 Å². The zero-order valence-electron chi connectivity index (χ0n) is 14.4. The Morgan fingerprint density at radius 1 is 1.27 bits per heavy atom. The third-order valence-electron chi connectivity index (χ3n) is 5.44. The highest BCUT2D eigenvalue weighted by Gasteiger charge is 2.40. The van der Waals surface area contributed by atoms with E-state index in [0.717, 1.165) is 18.4 Å². The van der Waals surface area contributed by atoms with Crippen LogP contribution >= 0.6 is 0 Å². The maximum absolute atomic E-state index is 13.5. The van der Waals surface area contributed by atoms with Crippen molar-refractivity contribution in [3.63, 3.8) is 0 Å². The number of amides is 2. The smallest absolute Gasteiger partial charge is 0.257 e. The second-order valence-corrected chi connectivity index (χ2v) is 7.07. The zero-order valence-corrected chi connectivity index (χ0v) is 14.4. The van der Waals surface area contributed by atoms with Gasteiger partial charge in [0.1, 0.15) is 12.1 Å². The van der Waals surface area contributed by atoms with Crippen LogP contribution in [0.4, 0.5) is 4.39 Å². The first kappa shape index (κ1) is 16.8.